The first-order chi connectivity index (χ1) is 20.6. The smallest absolute Gasteiger partial charge is 0.251 e. The number of nitrogens with two attached hydrogens (primary N) is 4. The van der Waals surface area contributed by atoms with Gasteiger partial charge in [-0.1, -0.05) is 62.4 Å². The predicted molar refractivity (Wildman–Crippen MR) is 166 cm³/mol. The van der Waals surface area contributed by atoms with Gasteiger partial charge in [0.05, 0.1) is 0 Å². The molecule has 12 nitrogen and oxygen atoms in total. The molecule has 0 unspecified atom stereocenters. The normalized spacial score (nSPS) is 15.3. The summed E-state index contributed by atoms with van der Waals surface area (Å²) in [6, 6.07) is 12.7. The molecule has 1 saturated carbocycles. The molecule has 11 N–H and O–H groups in total. The fourth-order valence-corrected chi connectivity index (χ4v) is 5.25. The molecular weight excluding hydrogens is 548 g/mol. The number of guanidine groups is 1. The first kappa shape index (κ1) is 32.9. The van der Waals surface area contributed by atoms with Crippen LogP contribution in [-0.4, -0.2) is 54.3 Å². The number of nitrogen functional groups attached to an aromatic ring is 1. The second kappa shape index (κ2) is 16.7. The lowest BCUT2D eigenvalue weighted by atomic mass is 9.84. The molecule has 2 aromatic carbocycles. The van der Waals surface area contributed by atoms with Gasteiger partial charge in [-0.05, 0) is 55.0 Å². The number of hydrogen-bond acceptors (Lipinski definition) is 6. The maximum absolute atomic E-state index is 13.7. The minimum atomic E-state index is -1.03. The highest BCUT2D eigenvalue weighted by Crippen LogP contribution is 2.27. The molecule has 4 amide bonds. The number of benzene rings is 2. The topological polar surface area (TPSA) is 221 Å². The molecule has 0 heterocycles. The van der Waals surface area contributed by atoms with Crippen molar-refractivity contribution in [1.29, 1.82) is 0 Å². The number of carbonyl (C=O) groups excluding carboxylic acids is 4. The van der Waals surface area contributed by atoms with Crippen LogP contribution in [0.3, 0.4) is 0 Å². The summed E-state index contributed by atoms with van der Waals surface area (Å²) in [6.07, 6.45) is 6.40. The molecule has 1 aliphatic carbocycles. The Morgan fingerprint density at radius 2 is 1.42 bits per heavy atom. The Labute approximate surface area is 252 Å². The molecule has 0 aliphatic heterocycles. The number of hydrogen-bond donors (Lipinski definition) is 7. The van der Waals surface area contributed by atoms with Gasteiger partial charge in [0.1, 0.15) is 18.1 Å². The molecule has 0 spiro atoms. The largest absolute Gasteiger partial charge is 0.399 e. The van der Waals surface area contributed by atoms with Gasteiger partial charge in [-0.15, -0.1) is 0 Å². The van der Waals surface area contributed by atoms with Crippen LogP contribution in [0, 0.1) is 5.92 Å². The third-order valence-electron chi connectivity index (χ3n) is 7.61. The van der Waals surface area contributed by atoms with E-state index in [1.54, 1.807) is 24.3 Å². The van der Waals surface area contributed by atoms with E-state index in [0.29, 0.717) is 24.1 Å². The Morgan fingerprint density at radius 3 is 2.05 bits per heavy atom. The van der Waals surface area contributed by atoms with Gasteiger partial charge < -0.3 is 38.9 Å². The van der Waals surface area contributed by atoms with Gasteiger partial charge in [0.15, 0.2) is 5.96 Å². The van der Waals surface area contributed by atoms with Crippen molar-refractivity contribution in [2.24, 2.45) is 28.1 Å². The zero-order valence-electron chi connectivity index (χ0n) is 24.5. The van der Waals surface area contributed by atoms with E-state index >= 15 is 0 Å². The molecule has 43 heavy (non-hydrogen) atoms. The predicted octanol–water partition coefficient (Wildman–Crippen LogP) is 1.09. The van der Waals surface area contributed by atoms with Crippen molar-refractivity contribution in [1.82, 2.24) is 16.0 Å². The SMILES string of the molecule is NC(=O)[C@H](Cc1ccccc1)NC(=O)[C@H](CCCN=C(N)N)NC(=O)[C@H](CC1CCCCC1)NC(=O)c1ccc(N)cc1. The van der Waals surface area contributed by atoms with E-state index in [1.807, 2.05) is 30.3 Å². The first-order valence-corrected chi connectivity index (χ1v) is 14.8. The van der Waals surface area contributed by atoms with E-state index in [4.69, 9.17) is 22.9 Å². The van der Waals surface area contributed by atoms with Gasteiger partial charge in [0.25, 0.3) is 5.91 Å². The van der Waals surface area contributed by atoms with Crippen molar-refractivity contribution < 1.29 is 19.2 Å². The van der Waals surface area contributed by atoms with Crippen LogP contribution in [0.25, 0.3) is 0 Å². The first-order valence-electron chi connectivity index (χ1n) is 14.8. The summed E-state index contributed by atoms with van der Waals surface area (Å²) in [5.74, 6) is -2.00. The van der Waals surface area contributed by atoms with E-state index < -0.39 is 41.8 Å². The molecule has 2 aromatic rings. The molecule has 0 bridgehead atoms. The lowest BCUT2D eigenvalue weighted by Gasteiger charge is -2.28. The van der Waals surface area contributed by atoms with Crippen molar-refractivity contribution in [2.45, 2.75) is 75.9 Å². The van der Waals surface area contributed by atoms with E-state index in [1.165, 1.54) is 0 Å². The Balaban J connectivity index is 1.77. The van der Waals surface area contributed by atoms with Crippen molar-refractivity contribution in [3.8, 4) is 0 Å². The zero-order valence-corrected chi connectivity index (χ0v) is 24.5. The minimum absolute atomic E-state index is 0.0837. The van der Waals surface area contributed by atoms with Gasteiger partial charge in [-0.25, -0.2) is 0 Å². The molecule has 3 atom stereocenters. The maximum atomic E-state index is 13.7. The monoisotopic (exact) mass is 592 g/mol. The highest BCUT2D eigenvalue weighted by molar-refractivity contribution is 5.99. The lowest BCUT2D eigenvalue weighted by molar-refractivity contribution is -0.132. The van der Waals surface area contributed by atoms with Crippen molar-refractivity contribution >= 4 is 35.3 Å². The summed E-state index contributed by atoms with van der Waals surface area (Å²) in [6.45, 7) is 0.241. The highest BCUT2D eigenvalue weighted by atomic mass is 16.2. The molecule has 1 aliphatic rings. The van der Waals surface area contributed by atoms with E-state index in [9.17, 15) is 19.2 Å². The molecule has 3 rings (SSSR count). The number of primary amides is 1. The van der Waals surface area contributed by atoms with E-state index in [0.717, 1.165) is 37.7 Å². The van der Waals surface area contributed by atoms with Gasteiger partial charge in [-0.2, -0.15) is 0 Å². The number of aliphatic imine (C=N–C) groups is 1. The average Bonchev–Trinajstić information content (AvgIpc) is 2.99. The summed E-state index contributed by atoms with van der Waals surface area (Å²) in [5, 5.41) is 8.39. The summed E-state index contributed by atoms with van der Waals surface area (Å²) >= 11 is 0. The number of nitrogens with zero attached hydrogens (tertiary/aromatic N) is 1. The van der Waals surface area contributed by atoms with Crippen molar-refractivity contribution in [3.05, 3.63) is 65.7 Å². The van der Waals surface area contributed by atoms with E-state index in [-0.39, 0.29) is 31.3 Å². The summed E-state index contributed by atoms with van der Waals surface area (Å²) < 4.78 is 0. The summed E-state index contributed by atoms with van der Waals surface area (Å²) in [7, 11) is 0. The van der Waals surface area contributed by atoms with Crippen LogP contribution in [0.4, 0.5) is 5.69 Å². The zero-order chi connectivity index (χ0) is 31.2. The number of amides is 4. The summed E-state index contributed by atoms with van der Waals surface area (Å²) in [5.41, 5.74) is 24.0. The van der Waals surface area contributed by atoms with Crippen LogP contribution >= 0.6 is 0 Å². The summed E-state index contributed by atoms with van der Waals surface area (Å²) in [4.78, 5) is 56.5. The van der Waals surface area contributed by atoms with Gasteiger partial charge >= 0.3 is 0 Å². The second-order valence-corrected chi connectivity index (χ2v) is 11.1. The Morgan fingerprint density at radius 1 is 0.791 bits per heavy atom. The molecule has 1 fully saturated rings. The van der Waals surface area contributed by atoms with Crippen molar-refractivity contribution in [3.63, 3.8) is 0 Å². The molecule has 0 radical (unpaired) electrons. The van der Waals surface area contributed by atoms with Crippen LogP contribution < -0.4 is 38.9 Å². The van der Waals surface area contributed by atoms with Crippen molar-refractivity contribution in [2.75, 3.05) is 12.3 Å². The van der Waals surface area contributed by atoms with Crippen LogP contribution in [0.15, 0.2) is 59.6 Å². The molecule has 0 aromatic heterocycles. The van der Waals surface area contributed by atoms with Gasteiger partial charge in [0, 0.05) is 24.2 Å². The third kappa shape index (κ3) is 11.3. The molecule has 0 saturated heterocycles. The van der Waals surface area contributed by atoms with E-state index in [2.05, 4.69) is 20.9 Å². The second-order valence-electron chi connectivity index (χ2n) is 11.1. The molecule has 12 heteroatoms. The number of nitrogens with one attached hydrogen (secondary N) is 3. The van der Waals surface area contributed by atoms with Gasteiger partial charge in [-0.3, -0.25) is 24.2 Å². The Kier molecular flexibility index (Phi) is 12.8. The third-order valence-corrected chi connectivity index (χ3v) is 7.61. The minimum Gasteiger partial charge on any atom is -0.399 e. The maximum Gasteiger partial charge on any atom is 0.251 e. The van der Waals surface area contributed by atoms with Gasteiger partial charge in [0.2, 0.25) is 17.7 Å². The fraction of sp³-hybridized carbons (Fsp3) is 0.452. The van der Waals surface area contributed by atoms with Crippen LogP contribution in [0.1, 0.15) is 67.3 Å². The Bertz CT molecular complexity index is 1240. The van der Waals surface area contributed by atoms with Crippen LogP contribution in [0.5, 0.6) is 0 Å². The Hall–Kier alpha value is -4.61. The number of carbonyl (C=O) groups is 4. The average molecular weight is 593 g/mol. The number of anilines is 1. The highest BCUT2D eigenvalue weighted by Gasteiger charge is 2.31. The quantitative estimate of drug-likeness (QED) is 0.0689. The molecule has 232 valence electrons. The lowest BCUT2D eigenvalue weighted by Crippen LogP contribution is -2.57. The van der Waals surface area contributed by atoms with Crippen LogP contribution in [0.2, 0.25) is 0 Å². The van der Waals surface area contributed by atoms with Crippen LogP contribution in [-0.2, 0) is 20.8 Å². The number of rotatable bonds is 15. The molecular formula is C31H44N8O4. The standard InChI is InChI=1S/C31H44N8O4/c32-23-15-13-22(14-16-23)28(41)39-26(19-21-10-5-2-6-11-21)30(43)37-24(12-7-17-36-31(34)35)29(42)38-25(27(33)40)18-20-8-3-1-4-9-20/h1,3-4,8-9,13-16,21,24-26H,2,5-7,10-12,17-19,32H2,(H2,33,40)(H,37,43)(H,38,42)(H,39,41)(H4,34,35,36)/t24-,25-,26-/m0/s1. The fourth-order valence-electron chi connectivity index (χ4n) is 5.25.